The minimum atomic E-state index is -0.525. The molecule has 2 aromatic carbocycles. The summed E-state index contributed by atoms with van der Waals surface area (Å²) in [5, 5.41) is 10.6. The molecule has 0 aliphatic carbocycles. The van der Waals surface area contributed by atoms with E-state index in [1.54, 1.807) is 20.1 Å². The van der Waals surface area contributed by atoms with Crippen LogP contribution in [-0.4, -0.2) is 35.1 Å². The highest BCUT2D eigenvalue weighted by molar-refractivity contribution is 5.94. The molecule has 0 fully saturated rings. The number of rotatable bonds is 7. The second-order valence-corrected chi connectivity index (χ2v) is 5.83. The first-order chi connectivity index (χ1) is 13.1. The lowest BCUT2D eigenvalue weighted by Crippen LogP contribution is -2.07. The van der Waals surface area contributed by atoms with Gasteiger partial charge >= 0.3 is 5.97 Å². The largest absolute Gasteiger partial charge is 0.493 e. The lowest BCUT2D eigenvalue weighted by molar-refractivity contribution is 0.0520. The van der Waals surface area contributed by atoms with Crippen LogP contribution in [0.1, 0.15) is 28.5 Å². The number of carbonyl (C=O) groups is 1. The van der Waals surface area contributed by atoms with Gasteiger partial charge in [-0.1, -0.05) is 30.3 Å². The number of ether oxygens (including phenoxy) is 3. The van der Waals surface area contributed by atoms with Gasteiger partial charge in [0.1, 0.15) is 12.3 Å². The monoisotopic (exact) mass is 367 g/mol. The summed E-state index contributed by atoms with van der Waals surface area (Å²) >= 11 is 0. The molecule has 0 saturated carbocycles. The van der Waals surface area contributed by atoms with Crippen LogP contribution in [0.2, 0.25) is 0 Å². The van der Waals surface area contributed by atoms with E-state index < -0.39 is 5.97 Å². The molecule has 0 radical (unpaired) electrons. The molecule has 0 unspecified atom stereocenters. The molecule has 1 N–H and O–H groups in total. The van der Waals surface area contributed by atoms with Crippen LogP contribution < -0.4 is 9.47 Å². The molecule has 0 bridgehead atoms. The Labute approximate surface area is 157 Å². The van der Waals surface area contributed by atoms with Gasteiger partial charge < -0.3 is 14.2 Å². The summed E-state index contributed by atoms with van der Waals surface area (Å²) in [5.41, 5.74) is 3.18. The molecule has 7 nitrogen and oxygen atoms in total. The Morgan fingerprint density at radius 2 is 1.89 bits per heavy atom. The van der Waals surface area contributed by atoms with Crippen LogP contribution >= 0.6 is 0 Å². The fourth-order valence-electron chi connectivity index (χ4n) is 2.68. The number of aromatic nitrogens is 3. The van der Waals surface area contributed by atoms with Gasteiger partial charge in [0, 0.05) is 5.56 Å². The number of hydrogen-bond acceptors (Lipinski definition) is 6. The zero-order valence-corrected chi connectivity index (χ0v) is 15.5. The zero-order chi connectivity index (χ0) is 19.2. The Morgan fingerprint density at radius 3 is 2.59 bits per heavy atom. The molecule has 0 atom stereocenters. The highest BCUT2D eigenvalue weighted by Gasteiger charge is 2.22. The molecule has 7 heteroatoms. The second-order valence-electron chi connectivity index (χ2n) is 5.83. The third-order valence-electron chi connectivity index (χ3n) is 4.02. The van der Waals surface area contributed by atoms with E-state index in [2.05, 4.69) is 15.4 Å². The average Bonchev–Trinajstić information content (AvgIpc) is 3.17. The predicted octanol–water partition coefficient (Wildman–Crippen LogP) is 3.54. The van der Waals surface area contributed by atoms with E-state index in [1.807, 2.05) is 43.3 Å². The molecule has 1 heterocycles. The molecular formula is C20H21N3O4. The van der Waals surface area contributed by atoms with E-state index in [9.17, 15) is 4.79 Å². The molecular weight excluding hydrogens is 346 g/mol. The summed E-state index contributed by atoms with van der Waals surface area (Å²) in [6.07, 6.45) is 0. The quantitative estimate of drug-likeness (QED) is 0.643. The highest BCUT2D eigenvalue weighted by atomic mass is 16.5. The van der Waals surface area contributed by atoms with Gasteiger partial charge in [0.2, 0.25) is 0 Å². The first-order valence-electron chi connectivity index (χ1n) is 8.57. The van der Waals surface area contributed by atoms with Crippen molar-refractivity contribution in [3.63, 3.8) is 0 Å². The Hall–Kier alpha value is -3.35. The smallest absolute Gasteiger partial charge is 0.361 e. The van der Waals surface area contributed by atoms with Crippen LogP contribution in [0, 0.1) is 6.92 Å². The fourth-order valence-corrected chi connectivity index (χ4v) is 2.68. The minimum absolute atomic E-state index is 0.138. The average molecular weight is 367 g/mol. The maximum absolute atomic E-state index is 12.1. The van der Waals surface area contributed by atoms with Crippen molar-refractivity contribution in [1.29, 1.82) is 0 Å². The molecule has 0 saturated heterocycles. The van der Waals surface area contributed by atoms with Crippen molar-refractivity contribution in [2.24, 2.45) is 0 Å². The first-order valence-corrected chi connectivity index (χ1v) is 8.57. The number of benzene rings is 2. The van der Waals surface area contributed by atoms with E-state index in [0.29, 0.717) is 23.8 Å². The van der Waals surface area contributed by atoms with Crippen molar-refractivity contribution in [3.8, 4) is 22.8 Å². The number of hydrogen-bond donors (Lipinski definition) is 1. The standard InChI is InChI=1S/C20H21N3O4/c1-4-26-20(24)19-18(21-23-22-19)15-11-17(16(25-3)10-13(15)2)27-12-14-8-6-5-7-9-14/h5-11H,4,12H2,1-3H3,(H,21,22,23). The van der Waals surface area contributed by atoms with Crippen molar-refractivity contribution in [2.45, 2.75) is 20.5 Å². The molecule has 0 aliphatic heterocycles. The Kier molecular flexibility index (Phi) is 5.71. The third-order valence-corrected chi connectivity index (χ3v) is 4.02. The number of nitrogens with one attached hydrogen (secondary N) is 1. The van der Waals surface area contributed by atoms with Gasteiger partial charge in [0.15, 0.2) is 17.2 Å². The van der Waals surface area contributed by atoms with E-state index in [0.717, 1.165) is 16.7 Å². The van der Waals surface area contributed by atoms with Crippen LogP contribution in [0.5, 0.6) is 11.5 Å². The predicted molar refractivity (Wildman–Crippen MR) is 99.8 cm³/mol. The number of methoxy groups -OCH3 is 1. The van der Waals surface area contributed by atoms with Crippen LogP contribution in [0.25, 0.3) is 11.3 Å². The number of carbonyl (C=O) groups excluding carboxylic acids is 1. The number of esters is 1. The Morgan fingerprint density at radius 1 is 1.11 bits per heavy atom. The van der Waals surface area contributed by atoms with Gasteiger partial charge in [-0.2, -0.15) is 10.3 Å². The van der Waals surface area contributed by atoms with Crippen molar-refractivity contribution in [2.75, 3.05) is 13.7 Å². The van der Waals surface area contributed by atoms with Gasteiger partial charge in [0.25, 0.3) is 0 Å². The van der Waals surface area contributed by atoms with E-state index in [4.69, 9.17) is 14.2 Å². The van der Waals surface area contributed by atoms with E-state index >= 15 is 0 Å². The number of nitrogens with zero attached hydrogens (tertiary/aromatic N) is 2. The van der Waals surface area contributed by atoms with E-state index in [-0.39, 0.29) is 12.3 Å². The molecule has 0 amide bonds. The summed E-state index contributed by atoms with van der Waals surface area (Å²) < 4.78 is 16.5. The number of H-pyrrole nitrogens is 1. The Bertz CT molecular complexity index is 922. The molecule has 3 aromatic rings. The van der Waals surface area contributed by atoms with Crippen molar-refractivity contribution in [1.82, 2.24) is 15.4 Å². The highest BCUT2D eigenvalue weighted by Crippen LogP contribution is 2.36. The van der Waals surface area contributed by atoms with E-state index in [1.165, 1.54) is 0 Å². The second kappa shape index (κ2) is 8.35. The lowest BCUT2D eigenvalue weighted by Gasteiger charge is -2.14. The molecule has 27 heavy (non-hydrogen) atoms. The van der Waals surface area contributed by atoms with Crippen molar-refractivity contribution in [3.05, 3.63) is 59.3 Å². The van der Waals surface area contributed by atoms with Gasteiger partial charge in [-0.05, 0) is 37.1 Å². The van der Waals surface area contributed by atoms with Crippen LogP contribution in [0.4, 0.5) is 0 Å². The summed E-state index contributed by atoms with van der Waals surface area (Å²) in [5.74, 6) is 0.636. The first kappa shape index (κ1) is 18.4. The normalized spacial score (nSPS) is 10.5. The van der Waals surface area contributed by atoms with Crippen molar-refractivity contribution >= 4 is 5.97 Å². The van der Waals surface area contributed by atoms with Crippen LogP contribution in [-0.2, 0) is 11.3 Å². The fraction of sp³-hybridized carbons (Fsp3) is 0.250. The molecule has 0 aliphatic rings. The molecule has 1 aromatic heterocycles. The lowest BCUT2D eigenvalue weighted by atomic mass is 10.0. The summed E-state index contributed by atoms with van der Waals surface area (Å²) in [7, 11) is 1.59. The van der Waals surface area contributed by atoms with Gasteiger partial charge in [-0.25, -0.2) is 4.79 Å². The number of aromatic amines is 1. The summed E-state index contributed by atoms with van der Waals surface area (Å²) in [6, 6.07) is 13.5. The summed E-state index contributed by atoms with van der Waals surface area (Å²) in [4.78, 5) is 12.1. The minimum Gasteiger partial charge on any atom is -0.493 e. The molecule has 3 rings (SSSR count). The van der Waals surface area contributed by atoms with Crippen LogP contribution in [0.3, 0.4) is 0 Å². The zero-order valence-electron chi connectivity index (χ0n) is 15.5. The van der Waals surface area contributed by atoms with Gasteiger partial charge in [-0.3, -0.25) is 0 Å². The molecule has 140 valence electrons. The van der Waals surface area contributed by atoms with Crippen molar-refractivity contribution < 1.29 is 19.0 Å². The summed E-state index contributed by atoms with van der Waals surface area (Å²) in [6.45, 7) is 4.30. The van der Waals surface area contributed by atoms with Crippen LogP contribution in [0.15, 0.2) is 42.5 Å². The van der Waals surface area contributed by atoms with Gasteiger partial charge in [-0.15, -0.1) is 5.10 Å². The Balaban J connectivity index is 1.95. The topological polar surface area (TPSA) is 86.3 Å². The maximum Gasteiger partial charge on any atom is 0.361 e. The number of aryl methyl sites for hydroxylation is 1. The maximum atomic E-state index is 12.1. The van der Waals surface area contributed by atoms with Gasteiger partial charge in [0.05, 0.1) is 13.7 Å². The molecule has 0 spiro atoms. The SMILES string of the molecule is CCOC(=O)c1n[nH]nc1-c1cc(OCc2ccccc2)c(OC)cc1C. The third kappa shape index (κ3) is 4.08.